The molecule has 1 N–H and O–H groups in total. The Balaban J connectivity index is 1.56. The zero-order valence-electron chi connectivity index (χ0n) is 14.5. The lowest BCUT2D eigenvalue weighted by molar-refractivity contribution is 0.191. The summed E-state index contributed by atoms with van der Waals surface area (Å²) in [5.41, 5.74) is 1.28. The SMILES string of the molecule is C[C@@H]1CCCN(S(=O)(=O)N[C@@H]2CCCN(Cc3ccccc3)C2)C1. The van der Waals surface area contributed by atoms with Crippen molar-refractivity contribution in [1.82, 2.24) is 13.9 Å². The van der Waals surface area contributed by atoms with Crippen molar-refractivity contribution < 1.29 is 8.42 Å². The van der Waals surface area contributed by atoms with Crippen molar-refractivity contribution in [1.29, 1.82) is 0 Å². The first-order chi connectivity index (χ1) is 11.5. The molecule has 2 saturated heterocycles. The van der Waals surface area contributed by atoms with Crippen LogP contribution in [0.4, 0.5) is 0 Å². The number of nitrogens with one attached hydrogen (secondary N) is 1. The van der Waals surface area contributed by atoms with Crippen LogP contribution in [0.3, 0.4) is 0 Å². The first-order valence-corrected chi connectivity index (χ1v) is 10.5. The van der Waals surface area contributed by atoms with Gasteiger partial charge < -0.3 is 0 Å². The molecule has 24 heavy (non-hydrogen) atoms. The molecule has 2 atom stereocenters. The summed E-state index contributed by atoms with van der Waals surface area (Å²) in [6.45, 7) is 6.14. The topological polar surface area (TPSA) is 52.7 Å². The van der Waals surface area contributed by atoms with Gasteiger partial charge in [-0.2, -0.15) is 17.4 Å². The van der Waals surface area contributed by atoms with Crippen LogP contribution in [0.2, 0.25) is 0 Å². The molecule has 6 heteroatoms. The van der Waals surface area contributed by atoms with Crippen LogP contribution < -0.4 is 4.72 Å². The van der Waals surface area contributed by atoms with E-state index in [0.29, 0.717) is 19.0 Å². The highest BCUT2D eigenvalue weighted by Crippen LogP contribution is 2.19. The second kappa shape index (κ2) is 7.95. The Labute approximate surface area is 146 Å². The first-order valence-electron chi connectivity index (χ1n) is 9.06. The molecule has 0 saturated carbocycles. The largest absolute Gasteiger partial charge is 0.298 e. The number of hydrogen-bond acceptors (Lipinski definition) is 3. The molecule has 0 spiro atoms. The molecule has 0 aromatic heterocycles. The molecule has 2 fully saturated rings. The van der Waals surface area contributed by atoms with Gasteiger partial charge in [0.25, 0.3) is 10.2 Å². The fourth-order valence-electron chi connectivity index (χ4n) is 3.79. The third-order valence-electron chi connectivity index (χ3n) is 5.03. The van der Waals surface area contributed by atoms with Crippen LogP contribution in [0.25, 0.3) is 0 Å². The zero-order chi connectivity index (χ0) is 17.0. The summed E-state index contributed by atoms with van der Waals surface area (Å²) in [6.07, 6.45) is 4.05. The molecule has 2 heterocycles. The van der Waals surface area contributed by atoms with Crippen LogP contribution in [0.5, 0.6) is 0 Å². The van der Waals surface area contributed by atoms with Gasteiger partial charge in [0, 0.05) is 32.2 Å². The van der Waals surface area contributed by atoms with Crippen molar-refractivity contribution in [3.05, 3.63) is 35.9 Å². The third kappa shape index (κ3) is 4.79. The summed E-state index contributed by atoms with van der Waals surface area (Å²) in [6, 6.07) is 10.4. The van der Waals surface area contributed by atoms with E-state index in [2.05, 4.69) is 40.8 Å². The Hall–Kier alpha value is -0.950. The molecule has 134 valence electrons. The Kier molecular flexibility index (Phi) is 5.92. The average molecular weight is 352 g/mol. The van der Waals surface area contributed by atoms with Gasteiger partial charge in [-0.1, -0.05) is 37.3 Å². The maximum atomic E-state index is 12.7. The Morgan fingerprint density at radius 1 is 1.08 bits per heavy atom. The molecule has 0 amide bonds. The van der Waals surface area contributed by atoms with Crippen LogP contribution >= 0.6 is 0 Å². The Morgan fingerprint density at radius 3 is 2.58 bits per heavy atom. The molecule has 1 aromatic rings. The normalized spacial score (nSPS) is 27.2. The van der Waals surface area contributed by atoms with E-state index in [1.165, 1.54) is 5.56 Å². The van der Waals surface area contributed by atoms with E-state index >= 15 is 0 Å². The van der Waals surface area contributed by atoms with Crippen molar-refractivity contribution in [2.45, 2.75) is 45.2 Å². The van der Waals surface area contributed by atoms with E-state index in [0.717, 1.165) is 45.3 Å². The van der Waals surface area contributed by atoms with E-state index in [4.69, 9.17) is 0 Å². The Morgan fingerprint density at radius 2 is 1.83 bits per heavy atom. The zero-order valence-corrected chi connectivity index (χ0v) is 15.3. The quantitative estimate of drug-likeness (QED) is 0.885. The molecule has 5 nitrogen and oxygen atoms in total. The maximum Gasteiger partial charge on any atom is 0.279 e. The van der Waals surface area contributed by atoms with E-state index in [-0.39, 0.29) is 6.04 Å². The van der Waals surface area contributed by atoms with Crippen molar-refractivity contribution in [3.8, 4) is 0 Å². The Bertz CT molecular complexity index is 620. The van der Waals surface area contributed by atoms with Crippen LogP contribution in [0.15, 0.2) is 30.3 Å². The van der Waals surface area contributed by atoms with E-state index in [9.17, 15) is 8.42 Å². The molecule has 2 aliphatic heterocycles. The molecule has 2 aliphatic rings. The van der Waals surface area contributed by atoms with Crippen LogP contribution in [0, 0.1) is 5.92 Å². The lowest BCUT2D eigenvalue weighted by Gasteiger charge is -2.36. The smallest absolute Gasteiger partial charge is 0.279 e. The van der Waals surface area contributed by atoms with Crippen molar-refractivity contribution in [2.75, 3.05) is 26.2 Å². The van der Waals surface area contributed by atoms with Gasteiger partial charge >= 0.3 is 0 Å². The number of nitrogens with zero attached hydrogens (tertiary/aromatic N) is 2. The van der Waals surface area contributed by atoms with Crippen LogP contribution in [-0.4, -0.2) is 49.8 Å². The summed E-state index contributed by atoms with van der Waals surface area (Å²) in [7, 11) is -3.36. The lowest BCUT2D eigenvalue weighted by atomic mass is 10.0. The summed E-state index contributed by atoms with van der Waals surface area (Å²) in [5.74, 6) is 0.455. The monoisotopic (exact) mass is 351 g/mol. The van der Waals surface area contributed by atoms with E-state index in [1.54, 1.807) is 4.31 Å². The first kappa shape index (κ1) is 17.9. The summed E-state index contributed by atoms with van der Waals surface area (Å²) >= 11 is 0. The number of rotatable bonds is 5. The van der Waals surface area contributed by atoms with Crippen molar-refractivity contribution in [3.63, 3.8) is 0 Å². The van der Waals surface area contributed by atoms with Gasteiger partial charge in [-0.15, -0.1) is 0 Å². The molecular weight excluding hydrogens is 322 g/mol. The minimum absolute atomic E-state index is 0.0182. The summed E-state index contributed by atoms with van der Waals surface area (Å²) in [4.78, 5) is 2.35. The number of piperidine rings is 2. The second-order valence-electron chi connectivity index (χ2n) is 7.29. The maximum absolute atomic E-state index is 12.7. The van der Waals surface area contributed by atoms with Gasteiger partial charge in [0.1, 0.15) is 0 Å². The van der Waals surface area contributed by atoms with Crippen molar-refractivity contribution >= 4 is 10.2 Å². The predicted molar refractivity (Wildman–Crippen MR) is 96.8 cm³/mol. The second-order valence-corrected chi connectivity index (χ2v) is 8.99. The highest BCUT2D eigenvalue weighted by molar-refractivity contribution is 7.87. The van der Waals surface area contributed by atoms with Gasteiger partial charge in [-0.25, -0.2) is 0 Å². The van der Waals surface area contributed by atoms with Gasteiger partial charge in [-0.3, -0.25) is 4.90 Å². The fraction of sp³-hybridized carbons (Fsp3) is 0.667. The van der Waals surface area contributed by atoms with E-state index in [1.807, 2.05) is 6.07 Å². The lowest BCUT2D eigenvalue weighted by Crippen LogP contribution is -2.53. The number of benzene rings is 1. The minimum atomic E-state index is -3.36. The van der Waals surface area contributed by atoms with Crippen LogP contribution in [-0.2, 0) is 16.8 Å². The standard InChI is InChI=1S/C18H29N3O2S/c1-16-7-5-12-21(13-16)24(22,23)19-18-10-6-11-20(15-18)14-17-8-3-2-4-9-17/h2-4,8-9,16,18-19H,5-7,10-15H2,1H3/t16-,18-/m1/s1. The highest BCUT2D eigenvalue weighted by Gasteiger charge is 2.30. The van der Waals surface area contributed by atoms with Gasteiger partial charge in [0.2, 0.25) is 0 Å². The van der Waals surface area contributed by atoms with Gasteiger partial charge in [-0.05, 0) is 43.7 Å². The van der Waals surface area contributed by atoms with Gasteiger partial charge in [0.05, 0.1) is 0 Å². The molecule has 1 aromatic carbocycles. The minimum Gasteiger partial charge on any atom is -0.298 e. The molecule has 0 aliphatic carbocycles. The van der Waals surface area contributed by atoms with Gasteiger partial charge in [0.15, 0.2) is 0 Å². The van der Waals surface area contributed by atoms with Crippen LogP contribution in [0.1, 0.15) is 38.2 Å². The molecule has 0 bridgehead atoms. The fourth-order valence-corrected chi connectivity index (χ4v) is 5.37. The summed E-state index contributed by atoms with van der Waals surface area (Å²) < 4.78 is 29.9. The molecule has 3 rings (SSSR count). The van der Waals surface area contributed by atoms with Crippen molar-refractivity contribution in [2.24, 2.45) is 5.92 Å². The molecule has 0 radical (unpaired) electrons. The average Bonchev–Trinajstić information content (AvgIpc) is 2.56. The van der Waals surface area contributed by atoms with E-state index < -0.39 is 10.2 Å². The molecule has 0 unspecified atom stereocenters. The third-order valence-corrected chi connectivity index (χ3v) is 6.67. The predicted octanol–water partition coefficient (Wildman–Crippen LogP) is 2.22. The number of hydrogen-bond donors (Lipinski definition) is 1. The molecular formula is C18H29N3O2S. The highest BCUT2D eigenvalue weighted by atomic mass is 32.2. The number of likely N-dealkylation sites (tertiary alicyclic amines) is 1. The summed E-state index contributed by atoms with van der Waals surface area (Å²) in [5, 5.41) is 0.